The molecule has 3 aromatic rings. The lowest BCUT2D eigenvalue weighted by Gasteiger charge is -2.11. The summed E-state index contributed by atoms with van der Waals surface area (Å²) in [6.45, 7) is 3.63. The SMILES string of the molecule is COc1ccc(NC(=O)COc2ccc(/C=N\NC(=O)Cn3nc(C)cc3C)cc2OC)cc1. The van der Waals surface area contributed by atoms with Gasteiger partial charge in [0.25, 0.3) is 11.8 Å². The Labute approximate surface area is 197 Å². The van der Waals surface area contributed by atoms with Gasteiger partial charge in [-0.05, 0) is 67.9 Å². The van der Waals surface area contributed by atoms with Crippen molar-refractivity contribution in [3.05, 3.63) is 65.5 Å². The lowest BCUT2D eigenvalue weighted by Crippen LogP contribution is -2.24. The van der Waals surface area contributed by atoms with E-state index in [9.17, 15) is 9.59 Å². The Hall–Kier alpha value is -4.34. The molecule has 2 aromatic carbocycles. The number of anilines is 1. The largest absolute Gasteiger partial charge is 0.497 e. The molecule has 10 nitrogen and oxygen atoms in total. The van der Waals surface area contributed by atoms with Crippen LogP contribution in [0.2, 0.25) is 0 Å². The van der Waals surface area contributed by atoms with Crippen molar-refractivity contribution >= 4 is 23.7 Å². The van der Waals surface area contributed by atoms with Gasteiger partial charge in [0.05, 0.1) is 26.1 Å². The lowest BCUT2D eigenvalue weighted by atomic mass is 10.2. The van der Waals surface area contributed by atoms with Gasteiger partial charge in [0.2, 0.25) is 0 Å². The van der Waals surface area contributed by atoms with E-state index in [2.05, 4.69) is 20.9 Å². The molecule has 1 aromatic heterocycles. The number of hydrogen-bond acceptors (Lipinski definition) is 7. The van der Waals surface area contributed by atoms with Crippen LogP contribution in [0.15, 0.2) is 53.6 Å². The Bertz CT molecular complexity index is 1170. The molecule has 0 spiro atoms. The van der Waals surface area contributed by atoms with Gasteiger partial charge >= 0.3 is 0 Å². The van der Waals surface area contributed by atoms with Crippen molar-refractivity contribution in [3.8, 4) is 17.2 Å². The molecule has 2 amide bonds. The second kappa shape index (κ2) is 11.5. The second-order valence-electron chi connectivity index (χ2n) is 7.35. The first-order chi connectivity index (χ1) is 16.4. The third-order valence-electron chi connectivity index (χ3n) is 4.72. The average molecular weight is 466 g/mol. The topological polar surface area (TPSA) is 116 Å². The number of nitrogens with zero attached hydrogens (tertiary/aromatic N) is 3. The predicted molar refractivity (Wildman–Crippen MR) is 128 cm³/mol. The Morgan fingerprint density at radius 1 is 1.00 bits per heavy atom. The van der Waals surface area contributed by atoms with Gasteiger partial charge in [-0.1, -0.05) is 0 Å². The van der Waals surface area contributed by atoms with E-state index in [1.54, 1.807) is 54.3 Å². The molecule has 0 aliphatic carbocycles. The van der Waals surface area contributed by atoms with Gasteiger partial charge in [0, 0.05) is 11.4 Å². The summed E-state index contributed by atoms with van der Waals surface area (Å²) in [6.07, 6.45) is 1.49. The molecule has 0 saturated carbocycles. The van der Waals surface area contributed by atoms with E-state index in [4.69, 9.17) is 14.2 Å². The van der Waals surface area contributed by atoms with Crippen molar-refractivity contribution in [1.29, 1.82) is 0 Å². The zero-order valence-corrected chi connectivity index (χ0v) is 19.5. The van der Waals surface area contributed by atoms with Gasteiger partial charge < -0.3 is 19.5 Å². The van der Waals surface area contributed by atoms with Gasteiger partial charge in [0.1, 0.15) is 12.3 Å². The van der Waals surface area contributed by atoms with Crippen LogP contribution in [-0.2, 0) is 16.1 Å². The number of carbonyl (C=O) groups excluding carboxylic acids is 2. The smallest absolute Gasteiger partial charge is 0.262 e. The number of nitrogens with one attached hydrogen (secondary N) is 2. The highest BCUT2D eigenvalue weighted by Crippen LogP contribution is 2.27. The van der Waals surface area contributed by atoms with Gasteiger partial charge in [-0.15, -0.1) is 0 Å². The van der Waals surface area contributed by atoms with Gasteiger partial charge in [0.15, 0.2) is 18.1 Å². The number of amides is 2. The van der Waals surface area contributed by atoms with Crippen molar-refractivity contribution in [1.82, 2.24) is 15.2 Å². The Morgan fingerprint density at radius 2 is 1.76 bits per heavy atom. The first-order valence-electron chi connectivity index (χ1n) is 10.5. The van der Waals surface area contributed by atoms with Crippen molar-refractivity contribution < 1.29 is 23.8 Å². The molecule has 178 valence electrons. The first kappa shape index (κ1) is 24.3. The Balaban J connectivity index is 1.52. The van der Waals surface area contributed by atoms with E-state index in [0.717, 1.165) is 11.4 Å². The summed E-state index contributed by atoms with van der Waals surface area (Å²) < 4.78 is 17.7. The second-order valence-corrected chi connectivity index (χ2v) is 7.35. The summed E-state index contributed by atoms with van der Waals surface area (Å²) in [4.78, 5) is 24.3. The van der Waals surface area contributed by atoms with Crippen LogP contribution in [0.25, 0.3) is 0 Å². The van der Waals surface area contributed by atoms with Crippen LogP contribution in [0.5, 0.6) is 17.2 Å². The van der Waals surface area contributed by atoms with E-state index >= 15 is 0 Å². The zero-order valence-electron chi connectivity index (χ0n) is 19.5. The minimum atomic E-state index is -0.316. The summed E-state index contributed by atoms with van der Waals surface area (Å²) in [5.41, 5.74) is 5.53. The van der Waals surface area contributed by atoms with Gasteiger partial charge in [-0.2, -0.15) is 10.2 Å². The van der Waals surface area contributed by atoms with E-state index in [0.29, 0.717) is 28.5 Å². The summed E-state index contributed by atoms with van der Waals surface area (Å²) >= 11 is 0. The molecular formula is C24H27N5O5. The van der Waals surface area contributed by atoms with Crippen LogP contribution < -0.4 is 25.0 Å². The molecule has 2 N–H and O–H groups in total. The normalized spacial score (nSPS) is 10.7. The molecule has 1 heterocycles. The highest BCUT2D eigenvalue weighted by atomic mass is 16.5. The third kappa shape index (κ3) is 6.83. The van der Waals surface area contributed by atoms with Gasteiger partial charge in [-0.25, -0.2) is 5.43 Å². The Kier molecular flexibility index (Phi) is 8.22. The minimum absolute atomic E-state index is 0.0751. The molecule has 3 rings (SSSR count). The van der Waals surface area contributed by atoms with Crippen LogP contribution in [-0.4, -0.2) is 48.6 Å². The van der Waals surface area contributed by atoms with Crippen molar-refractivity contribution in [2.24, 2.45) is 5.10 Å². The summed E-state index contributed by atoms with van der Waals surface area (Å²) in [5.74, 6) is 0.916. The summed E-state index contributed by atoms with van der Waals surface area (Å²) in [6, 6.07) is 14.0. The standard InChI is InChI=1S/C24H27N5O5/c1-16-11-17(2)29(28-16)14-23(30)27-25-13-18-5-10-21(22(12-18)33-4)34-15-24(31)26-19-6-8-20(32-3)9-7-19/h5-13H,14-15H2,1-4H3,(H,26,31)(H,27,30)/b25-13-. The predicted octanol–water partition coefficient (Wildman–Crippen LogP) is 2.68. The number of aromatic nitrogens is 2. The molecule has 10 heteroatoms. The maximum atomic E-state index is 12.2. The van der Waals surface area contributed by atoms with Crippen LogP contribution >= 0.6 is 0 Å². The number of hydrogen-bond donors (Lipinski definition) is 2. The highest BCUT2D eigenvalue weighted by Gasteiger charge is 2.10. The number of methoxy groups -OCH3 is 2. The van der Waals surface area contributed by atoms with Crippen LogP contribution in [0.1, 0.15) is 17.0 Å². The van der Waals surface area contributed by atoms with Crippen molar-refractivity contribution in [3.63, 3.8) is 0 Å². The number of hydrazone groups is 1. The minimum Gasteiger partial charge on any atom is -0.497 e. The molecule has 0 fully saturated rings. The quantitative estimate of drug-likeness (QED) is 0.351. The fourth-order valence-corrected chi connectivity index (χ4v) is 3.08. The maximum absolute atomic E-state index is 12.2. The van der Waals surface area contributed by atoms with Crippen molar-refractivity contribution in [2.45, 2.75) is 20.4 Å². The third-order valence-corrected chi connectivity index (χ3v) is 4.72. The van der Waals surface area contributed by atoms with E-state index < -0.39 is 0 Å². The molecule has 0 bridgehead atoms. The monoisotopic (exact) mass is 465 g/mol. The number of aryl methyl sites for hydroxylation is 2. The van der Waals surface area contributed by atoms with Crippen LogP contribution in [0.4, 0.5) is 5.69 Å². The fourth-order valence-electron chi connectivity index (χ4n) is 3.08. The van der Waals surface area contributed by atoms with E-state index in [1.807, 2.05) is 19.9 Å². The number of carbonyl (C=O) groups is 2. The number of benzene rings is 2. The van der Waals surface area contributed by atoms with Gasteiger partial charge in [-0.3, -0.25) is 14.3 Å². The molecule has 0 saturated heterocycles. The Morgan fingerprint density at radius 3 is 2.41 bits per heavy atom. The molecule has 0 radical (unpaired) electrons. The highest BCUT2D eigenvalue weighted by molar-refractivity contribution is 5.92. The molecule has 34 heavy (non-hydrogen) atoms. The fraction of sp³-hybridized carbons (Fsp3) is 0.250. The average Bonchev–Trinajstić information content (AvgIpc) is 3.14. The van der Waals surface area contributed by atoms with Crippen LogP contribution in [0, 0.1) is 13.8 Å². The molecule has 0 unspecified atom stereocenters. The molecule has 0 atom stereocenters. The van der Waals surface area contributed by atoms with Crippen LogP contribution in [0.3, 0.4) is 0 Å². The van der Waals surface area contributed by atoms with E-state index in [-0.39, 0.29) is 25.0 Å². The number of ether oxygens (including phenoxy) is 3. The summed E-state index contributed by atoms with van der Waals surface area (Å²) in [7, 11) is 3.07. The molecule has 0 aliphatic heterocycles. The van der Waals surface area contributed by atoms with Crippen molar-refractivity contribution in [2.75, 3.05) is 26.1 Å². The lowest BCUT2D eigenvalue weighted by molar-refractivity contribution is -0.122. The number of rotatable bonds is 10. The maximum Gasteiger partial charge on any atom is 0.262 e. The molecule has 0 aliphatic rings. The zero-order chi connectivity index (χ0) is 24.5. The summed E-state index contributed by atoms with van der Waals surface area (Å²) in [5, 5.41) is 11.0. The first-order valence-corrected chi connectivity index (χ1v) is 10.5. The van der Waals surface area contributed by atoms with E-state index in [1.165, 1.54) is 13.3 Å². The molecular weight excluding hydrogens is 438 g/mol.